The number of benzene rings is 2. The second-order valence-corrected chi connectivity index (χ2v) is 7.01. The smallest absolute Gasteiger partial charge is 0.282 e. The predicted octanol–water partition coefficient (Wildman–Crippen LogP) is 4.02. The lowest BCUT2D eigenvalue weighted by molar-refractivity contribution is 0.288. The molecule has 0 fully saturated rings. The molecule has 0 saturated heterocycles. The highest BCUT2D eigenvalue weighted by atomic mass is 79.9. The first-order chi connectivity index (χ1) is 14.0. The average molecular weight is 460 g/mol. The molecular weight excluding hydrogens is 438 g/mol. The molecule has 3 rings (SSSR count). The monoisotopic (exact) mass is 459 g/mol. The molecule has 0 N–H and O–H groups in total. The normalized spacial score (nSPS) is 11.2. The van der Waals surface area contributed by atoms with E-state index >= 15 is 0 Å². The van der Waals surface area contributed by atoms with E-state index in [1.54, 1.807) is 38.6 Å². The van der Waals surface area contributed by atoms with Gasteiger partial charge < -0.3 is 14.2 Å². The van der Waals surface area contributed by atoms with Crippen molar-refractivity contribution in [2.24, 2.45) is 5.10 Å². The highest BCUT2D eigenvalue weighted by Crippen LogP contribution is 2.38. The Bertz CT molecular complexity index is 1100. The van der Waals surface area contributed by atoms with Crippen LogP contribution in [0.3, 0.4) is 0 Å². The van der Waals surface area contributed by atoms with Crippen LogP contribution in [0.25, 0.3) is 10.9 Å². The second-order valence-electron chi connectivity index (χ2n) is 6.09. The number of aryl methyl sites for hydroxylation is 1. The first kappa shape index (κ1) is 20.9. The van der Waals surface area contributed by atoms with Crippen LogP contribution in [0.15, 0.2) is 44.7 Å². The Kier molecular flexibility index (Phi) is 6.53. The van der Waals surface area contributed by atoms with Crippen molar-refractivity contribution < 1.29 is 14.2 Å². The number of nitrogens with zero attached hydrogens (tertiary/aromatic N) is 3. The van der Waals surface area contributed by atoms with Crippen LogP contribution in [0.1, 0.15) is 25.2 Å². The third kappa shape index (κ3) is 4.27. The van der Waals surface area contributed by atoms with E-state index in [9.17, 15) is 4.79 Å². The minimum atomic E-state index is -0.228. The Morgan fingerprint density at radius 1 is 1.14 bits per heavy atom. The van der Waals surface area contributed by atoms with Crippen molar-refractivity contribution >= 4 is 33.0 Å². The van der Waals surface area contributed by atoms with Crippen LogP contribution in [0.4, 0.5) is 0 Å². The van der Waals surface area contributed by atoms with Crippen LogP contribution in [0, 0.1) is 0 Å². The molecule has 1 aromatic heterocycles. The minimum absolute atomic E-state index is 0.228. The third-order valence-corrected chi connectivity index (χ3v) is 4.78. The van der Waals surface area contributed by atoms with Crippen LogP contribution in [-0.4, -0.2) is 36.7 Å². The Labute approximate surface area is 177 Å². The van der Waals surface area contributed by atoms with Gasteiger partial charge in [-0.05, 0) is 37.3 Å². The van der Waals surface area contributed by atoms with Crippen molar-refractivity contribution in [3.8, 4) is 17.2 Å². The number of ether oxygens (including phenoxy) is 3. The number of aromatic nitrogens is 2. The van der Waals surface area contributed by atoms with Crippen molar-refractivity contribution in [1.29, 1.82) is 0 Å². The lowest BCUT2D eigenvalue weighted by Gasteiger charge is -2.14. The fraction of sp³-hybridized carbons (Fsp3) is 0.286. The highest BCUT2D eigenvalue weighted by molar-refractivity contribution is 9.10. The Hall–Kier alpha value is -2.87. The molecule has 0 bridgehead atoms. The quantitative estimate of drug-likeness (QED) is 0.498. The molecule has 8 heteroatoms. The van der Waals surface area contributed by atoms with Gasteiger partial charge in [-0.1, -0.05) is 22.9 Å². The van der Waals surface area contributed by atoms with E-state index in [2.05, 4.69) is 26.0 Å². The van der Waals surface area contributed by atoms with Crippen LogP contribution < -0.4 is 19.8 Å². The topological polar surface area (TPSA) is 74.9 Å². The number of fused-ring (bicyclic) bond motifs is 1. The first-order valence-corrected chi connectivity index (χ1v) is 9.96. The van der Waals surface area contributed by atoms with Gasteiger partial charge in [0.2, 0.25) is 5.75 Å². The largest absolute Gasteiger partial charge is 0.493 e. The molecule has 0 unspecified atom stereocenters. The maximum absolute atomic E-state index is 13.0. The first-order valence-electron chi connectivity index (χ1n) is 9.16. The van der Waals surface area contributed by atoms with Crippen LogP contribution >= 0.6 is 15.9 Å². The van der Waals surface area contributed by atoms with Crippen molar-refractivity contribution in [3.05, 3.63) is 56.5 Å². The lowest BCUT2D eigenvalue weighted by Crippen LogP contribution is -2.22. The zero-order chi connectivity index (χ0) is 21.0. The fourth-order valence-corrected chi connectivity index (χ4v) is 3.29. The molecule has 7 nitrogen and oxygen atoms in total. The van der Waals surface area contributed by atoms with E-state index in [0.29, 0.717) is 52.6 Å². The maximum Gasteiger partial charge on any atom is 0.282 e. The Morgan fingerprint density at radius 3 is 2.41 bits per heavy atom. The van der Waals surface area contributed by atoms with Crippen molar-refractivity contribution in [2.45, 2.75) is 20.3 Å². The van der Waals surface area contributed by atoms with Gasteiger partial charge in [0, 0.05) is 16.5 Å². The molecule has 0 amide bonds. The van der Waals surface area contributed by atoms with Gasteiger partial charge in [0.15, 0.2) is 11.5 Å². The summed E-state index contributed by atoms with van der Waals surface area (Å²) in [6, 6.07) is 8.98. The molecule has 1 heterocycles. The van der Waals surface area contributed by atoms with E-state index < -0.39 is 0 Å². The van der Waals surface area contributed by atoms with Gasteiger partial charge in [0.1, 0.15) is 5.82 Å². The molecule has 0 radical (unpaired) electrons. The lowest BCUT2D eigenvalue weighted by atomic mass is 10.2. The van der Waals surface area contributed by atoms with E-state index in [4.69, 9.17) is 14.2 Å². The summed E-state index contributed by atoms with van der Waals surface area (Å²) in [6.07, 6.45) is 2.14. The molecule has 29 heavy (non-hydrogen) atoms. The summed E-state index contributed by atoms with van der Waals surface area (Å²) in [6.45, 7) is 4.30. The number of rotatable bonds is 7. The molecule has 0 aliphatic carbocycles. The van der Waals surface area contributed by atoms with Gasteiger partial charge >= 0.3 is 0 Å². The molecule has 0 saturated carbocycles. The maximum atomic E-state index is 13.0. The molecule has 0 atom stereocenters. The summed E-state index contributed by atoms with van der Waals surface area (Å²) >= 11 is 3.40. The van der Waals surface area contributed by atoms with Crippen LogP contribution in [0.2, 0.25) is 0 Å². The Balaban J connectivity index is 2.11. The van der Waals surface area contributed by atoms with Crippen molar-refractivity contribution in [2.75, 3.05) is 20.8 Å². The number of halogens is 1. The van der Waals surface area contributed by atoms with Gasteiger partial charge in [0.05, 0.1) is 37.9 Å². The SMILES string of the molecule is CCOc1c(OC)cc(C=Nn2c(CC)nc3ccc(Br)cc3c2=O)cc1OC. The molecule has 0 aliphatic heterocycles. The van der Waals surface area contributed by atoms with Crippen LogP contribution in [-0.2, 0) is 6.42 Å². The van der Waals surface area contributed by atoms with Gasteiger partial charge in [-0.25, -0.2) is 4.98 Å². The van der Waals surface area contributed by atoms with Crippen molar-refractivity contribution in [3.63, 3.8) is 0 Å². The zero-order valence-corrected chi connectivity index (χ0v) is 18.3. The summed E-state index contributed by atoms with van der Waals surface area (Å²) in [5.74, 6) is 2.15. The van der Waals surface area contributed by atoms with Gasteiger partial charge in [-0.3, -0.25) is 4.79 Å². The van der Waals surface area contributed by atoms with E-state index in [1.807, 2.05) is 26.0 Å². The van der Waals surface area contributed by atoms with Crippen molar-refractivity contribution in [1.82, 2.24) is 9.66 Å². The average Bonchev–Trinajstić information content (AvgIpc) is 2.73. The summed E-state index contributed by atoms with van der Waals surface area (Å²) in [5.41, 5.74) is 1.12. The molecule has 2 aromatic carbocycles. The second kappa shape index (κ2) is 9.09. The molecule has 0 spiro atoms. The molecule has 0 aliphatic rings. The van der Waals surface area contributed by atoms with E-state index in [1.165, 1.54) is 4.68 Å². The van der Waals surface area contributed by atoms with Crippen LogP contribution in [0.5, 0.6) is 17.2 Å². The summed E-state index contributed by atoms with van der Waals surface area (Å²) < 4.78 is 18.6. The molecule has 152 valence electrons. The molecular formula is C21H22BrN3O4. The Morgan fingerprint density at radius 2 is 1.83 bits per heavy atom. The summed E-state index contributed by atoms with van der Waals surface area (Å²) in [4.78, 5) is 17.6. The van der Waals surface area contributed by atoms with E-state index in [0.717, 1.165) is 4.47 Å². The number of hydrogen-bond donors (Lipinski definition) is 0. The van der Waals surface area contributed by atoms with Gasteiger partial charge in [0.25, 0.3) is 5.56 Å². The van der Waals surface area contributed by atoms with Gasteiger partial charge in [-0.15, -0.1) is 0 Å². The highest BCUT2D eigenvalue weighted by Gasteiger charge is 2.14. The number of hydrogen-bond acceptors (Lipinski definition) is 6. The zero-order valence-electron chi connectivity index (χ0n) is 16.7. The fourth-order valence-electron chi connectivity index (χ4n) is 2.93. The number of methoxy groups -OCH3 is 2. The van der Waals surface area contributed by atoms with Gasteiger partial charge in [-0.2, -0.15) is 9.78 Å². The standard InChI is InChI=1S/C21H22BrN3O4/c1-5-19-24-16-8-7-14(22)11-15(16)21(26)25(19)23-12-13-9-17(27-3)20(29-6-2)18(10-13)28-4/h7-12H,5-6H2,1-4H3. The van der Waals surface area contributed by atoms with E-state index in [-0.39, 0.29) is 5.56 Å². The summed E-state index contributed by atoms with van der Waals surface area (Å²) in [5, 5.41) is 4.90. The minimum Gasteiger partial charge on any atom is -0.493 e. The third-order valence-electron chi connectivity index (χ3n) is 4.29. The summed E-state index contributed by atoms with van der Waals surface area (Å²) in [7, 11) is 3.12. The molecule has 3 aromatic rings. The predicted molar refractivity (Wildman–Crippen MR) is 117 cm³/mol.